The number of ether oxygens (including phenoxy) is 3. The minimum atomic E-state index is -0.986. The maximum Gasteiger partial charge on any atom is 0.204 e. The Labute approximate surface area is 174 Å². The zero-order chi connectivity index (χ0) is 20.6. The van der Waals surface area contributed by atoms with E-state index >= 15 is 0 Å². The second-order valence-corrected chi connectivity index (χ2v) is 8.68. The average molecular weight is 411 g/mol. The molecule has 1 saturated carbocycles. The lowest BCUT2D eigenvalue weighted by atomic mass is 9.73. The van der Waals surface area contributed by atoms with Crippen molar-refractivity contribution >= 4 is 0 Å². The Morgan fingerprint density at radius 1 is 0.897 bits per heavy atom. The smallest absolute Gasteiger partial charge is 0.204 e. The first-order valence-corrected chi connectivity index (χ1v) is 11.5. The van der Waals surface area contributed by atoms with Crippen LogP contribution in [0.4, 0.5) is 8.78 Å². The fraction of sp³-hybridized carbons (Fsp3) is 0.750. The van der Waals surface area contributed by atoms with Crippen LogP contribution in [-0.4, -0.2) is 25.9 Å². The van der Waals surface area contributed by atoms with Crippen LogP contribution in [0.15, 0.2) is 12.1 Å². The summed E-state index contributed by atoms with van der Waals surface area (Å²) in [5, 5.41) is 0. The van der Waals surface area contributed by atoms with Crippen LogP contribution in [0.2, 0.25) is 0 Å². The molecule has 1 aromatic carbocycles. The van der Waals surface area contributed by atoms with Crippen molar-refractivity contribution in [2.75, 3.05) is 19.8 Å². The van der Waals surface area contributed by atoms with Crippen molar-refractivity contribution in [2.24, 2.45) is 17.8 Å². The first kappa shape index (κ1) is 22.3. The fourth-order valence-electron chi connectivity index (χ4n) is 4.64. The largest absolute Gasteiger partial charge is 0.490 e. The Hall–Kier alpha value is -1.36. The van der Waals surface area contributed by atoms with Gasteiger partial charge in [-0.3, -0.25) is 0 Å². The SMILES string of the molecule is CCCCOc1ccc(OCC2CCC(C3CCC(CC)CC3)CO2)c(F)c1F. The van der Waals surface area contributed by atoms with Gasteiger partial charge >= 0.3 is 0 Å². The molecule has 0 radical (unpaired) electrons. The molecule has 0 aromatic heterocycles. The van der Waals surface area contributed by atoms with Crippen LogP contribution >= 0.6 is 0 Å². The van der Waals surface area contributed by atoms with Crippen molar-refractivity contribution in [3.63, 3.8) is 0 Å². The van der Waals surface area contributed by atoms with Gasteiger partial charge in [-0.25, -0.2) is 0 Å². The first-order valence-electron chi connectivity index (χ1n) is 11.5. The number of hydrogen-bond acceptors (Lipinski definition) is 3. The normalized spacial score (nSPS) is 27.6. The van der Waals surface area contributed by atoms with E-state index in [4.69, 9.17) is 14.2 Å². The first-order chi connectivity index (χ1) is 14.1. The molecule has 3 rings (SSSR count). The van der Waals surface area contributed by atoms with E-state index in [0.717, 1.165) is 44.1 Å². The maximum absolute atomic E-state index is 14.3. The zero-order valence-electron chi connectivity index (χ0n) is 17.9. The molecule has 1 saturated heterocycles. The van der Waals surface area contributed by atoms with Gasteiger partial charge in [0.2, 0.25) is 11.6 Å². The van der Waals surface area contributed by atoms with E-state index in [1.165, 1.54) is 44.2 Å². The monoisotopic (exact) mass is 410 g/mol. The molecule has 1 aliphatic heterocycles. The van der Waals surface area contributed by atoms with Gasteiger partial charge in [-0.05, 0) is 62.0 Å². The van der Waals surface area contributed by atoms with Gasteiger partial charge in [0.05, 0.1) is 19.3 Å². The van der Waals surface area contributed by atoms with Crippen LogP contribution in [0.3, 0.4) is 0 Å². The van der Waals surface area contributed by atoms with Crippen molar-refractivity contribution in [2.45, 2.75) is 77.7 Å². The molecule has 2 unspecified atom stereocenters. The van der Waals surface area contributed by atoms with E-state index in [0.29, 0.717) is 12.5 Å². The third-order valence-corrected chi connectivity index (χ3v) is 6.73. The molecule has 2 fully saturated rings. The molecule has 29 heavy (non-hydrogen) atoms. The van der Waals surface area contributed by atoms with Gasteiger partial charge in [0, 0.05) is 0 Å². The Balaban J connectivity index is 1.43. The highest BCUT2D eigenvalue weighted by Gasteiger charge is 2.31. The molecule has 164 valence electrons. The molecule has 1 aliphatic carbocycles. The number of benzene rings is 1. The van der Waals surface area contributed by atoms with Gasteiger partial charge in [-0.15, -0.1) is 0 Å². The lowest BCUT2D eigenvalue weighted by Crippen LogP contribution is -2.35. The van der Waals surface area contributed by atoms with Gasteiger partial charge in [-0.1, -0.05) is 39.5 Å². The molecule has 0 N–H and O–H groups in total. The summed E-state index contributed by atoms with van der Waals surface area (Å²) in [6, 6.07) is 2.88. The summed E-state index contributed by atoms with van der Waals surface area (Å²) in [5.74, 6) is 0.234. The summed E-state index contributed by atoms with van der Waals surface area (Å²) in [7, 11) is 0. The predicted molar refractivity (Wildman–Crippen MR) is 110 cm³/mol. The van der Waals surface area contributed by atoms with Gasteiger partial charge in [0.1, 0.15) is 6.61 Å². The van der Waals surface area contributed by atoms with Crippen LogP contribution in [0, 0.1) is 29.4 Å². The minimum Gasteiger partial charge on any atom is -0.490 e. The number of rotatable bonds is 9. The van der Waals surface area contributed by atoms with Gasteiger partial charge in [-0.2, -0.15) is 8.78 Å². The third kappa shape index (κ3) is 6.07. The van der Waals surface area contributed by atoms with Gasteiger partial charge < -0.3 is 14.2 Å². The van der Waals surface area contributed by atoms with Crippen molar-refractivity contribution in [3.8, 4) is 11.5 Å². The van der Waals surface area contributed by atoms with Gasteiger partial charge in [0.15, 0.2) is 11.5 Å². The van der Waals surface area contributed by atoms with Gasteiger partial charge in [0.25, 0.3) is 0 Å². The molecule has 1 aromatic rings. The topological polar surface area (TPSA) is 27.7 Å². The zero-order valence-corrected chi connectivity index (χ0v) is 17.9. The number of halogens is 2. The van der Waals surface area contributed by atoms with E-state index in [1.54, 1.807) is 0 Å². The van der Waals surface area contributed by atoms with Crippen LogP contribution in [0.25, 0.3) is 0 Å². The van der Waals surface area contributed by atoms with Crippen molar-refractivity contribution < 1.29 is 23.0 Å². The second-order valence-electron chi connectivity index (χ2n) is 8.68. The van der Waals surface area contributed by atoms with E-state index in [1.807, 2.05) is 6.92 Å². The maximum atomic E-state index is 14.3. The summed E-state index contributed by atoms with van der Waals surface area (Å²) >= 11 is 0. The highest BCUT2D eigenvalue weighted by Crippen LogP contribution is 2.38. The molecule has 0 spiro atoms. The van der Waals surface area contributed by atoms with Crippen molar-refractivity contribution in [3.05, 3.63) is 23.8 Å². The molecule has 5 heteroatoms. The van der Waals surface area contributed by atoms with Crippen molar-refractivity contribution in [1.29, 1.82) is 0 Å². The molecular weight excluding hydrogens is 374 g/mol. The summed E-state index contributed by atoms with van der Waals surface area (Å²) in [6.07, 6.45) is 10.4. The number of hydrogen-bond donors (Lipinski definition) is 0. The van der Waals surface area contributed by atoms with Crippen LogP contribution < -0.4 is 9.47 Å². The quantitative estimate of drug-likeness (QED) is 0.433. The summed E-state index contributed by atoms with van der Waals surface area (Å²) in [6.45, 7) is 5.70. The number of unbranched alkanes of at least 4 members (excludes halogenated alkanes) is 1. The standard InChI is InChI=1S/C24H36F2O3/c1-3-5-14-27-21-12-13-22(24(26)23(21)25)29-16-20-11-10-19(15-28-20)18-8-6-17(4-2)7-9-18/h12-13,17-20H,3-11,14-16H2,1-2H3. The summed E-state index contributed by atoms with van der Waals surface area (Å²) in [4.78, 5) is 0. The van der Waals surface area contributed by atoms with Crippen LogP contribution in [0.1, 0.15) is 71.6 Å². The minimum absolute atomic E-state index is 0.0545. The molecule has 2 atom stereocenters. The third-order valence-electron chi connectivity index (χ3n) is 6.73. The highest BCUT2D eigenvalue weighted by molar-refractivity contribution is 5.35. The Morgan fingerprint density at radius 3 is 2.14 bits per heavy atom. The fourth-order valence-corrected chi connectivity index (χ4v) is 4.64. The van der Waals surface area contributed by atoms with Crippen LogP contribution in [0.5, 0.6) is 11.5 Å². The lowest BCUT2D eigenvalue weighted by molar-refractivity contribution is -0.0564. The molecule has 2 aliphatic rings. The highest BCUT2D eigenvalue weighted by atomic mass is 19.2. The lowest BCUT2D eigenvalue weighted by Gasteiger charge is -2.37. The molecule has 0 bridgehead atoms. The van der Waals surface area contributed by atoms with E-state index in [9.17, 15) is 8.78 Å². The van der Waals surface area contributed by atoms with E-state index < -0.39 is 11.6 Å². The second kappa shape index (κ2) is 11.1. The summed E-state index contributed by atoms with van der Waals surface area (Å²) < 4.78 is 45.3. The van der Waals surface area contributed by atoms with Crippen molar-refractivity contribution in [1.82, 2.24) is 0 Å². The Kier molecular flexibility index (Phi) is 8.58. The predicted octanol–water partition coefficient (Wildman–Crippen LogP) is 6.53. The molecule has 0 amide bonds. The molecule has 1 heterocycles. The molecular formula is C24H36F2O3. The molecule has 3 nitrogen and oxygen atoms in total. The van der Waals surface area contributed by atoms with E-state index in [2.05, 4.69) is 6.92 Å². The average Bonchev–Trinajstić information content (AvgIpc) is 2.77. The van der Waals surface area contributed by atoms with E-state index in [-0.39, 0.29) is 24.2 Å². The summed E-state index contributed by atoms with van der Waals surface area (Å²) in [5.41, 5.74) is 0. The Morgan fingerprint density at radius 2 is 1.55 bits per heavy atom. The Bertz CT molecular complexity index is 621. The van der Waals surface area contributed by atoms with Crippen LogP contribution in [-0.2, 0) is 4.74 Å².